The second-order valence-electron chi connectivity index (χ2n) is 5.69. The molecule has 0 aliphatic rings. The maximum Gasteiger partial charge on any atom is 0.222 e. The van der Waals surface area contributed by atoms with E-state index < -0.39 is 0 Å². The average Bonchev–Trinajstić information content (AvgIpc) is 2.65. The average molecular weight is 343 g/mol. The summed E-state index contributed by atoms with van der Waals surface area (Å²) in [6, 6.07) is 15.1. The molecule has 0 atom stereocenters. The van der Waals surface area contributed by atoms with Crippen molar-refractivity contribution in [3.63, 3.8) is 0 Å². The Morgan fingerprint density at radius 2 is 1.64 bits per heavy atom. The summed E-state index contributed by atoms with van der Waals surface area (Å²) in [6.07, 6.45) is 1.11. The van der Waals surface area contributed by atoms with E-state index in [2.05, 4.69) is 0 Å². The van der Waals surface area contributed by atoms with Crippen molar-refractivity contribution in [2.75, 3.05) is 27.9 Å². The number of carbonyl (C=O) groups is 1. The summed E-state index contributed by atoms with van der Waals surface area (Å²) in [4.78, 5) is 14.0. The first kappa shape index (κ1) is 18.6. The number of hydrogen-bond acceptors (Lipinski definition) is 4. The number of ether oxygens (including phenoxy) is 3. The minimum atomic E-state index is 0.0873. The minimum absolute atomic E-state index is 0.0873. The molecule has 25 heavy (non-hydrogen) atoms. The van der Waals surface area contributed by atoms with Crippen molar-refractivity contribution in [3.05, 3.63) is 54.1 Å². The van der Waals surface area contributed by atoms with E-state index >= 15 is 0 Å². The fourth-order valence-electron chi connectivity index (χ4n) is 2.45. The van der Waals surface area contributed by atoms with E-state index in [4.69, 9.17) is 14.2 Å². The smallest absolute Gasteiger partial charge is 0.222 e. The SMILES string of the molecule is COc1ccc(OCCCC(=O)N(C)Cc2ccccc2OC)cc1. The Kier molecular flexibility index (Phi) is 7.14. The van der Waals surface area contributed by atoms with Gasteiger partial charge < -0.3 is 19.1 Å². The number of benzene rings is 2. The second kappa shape index (κ2) is 9.57. The molecule has 0 aliphatic heterocycles. The van der Waals surface area contributed by atoms with Crippen LogP contribution in [0.25, 0.3) is 0 Å². The maximum absolute atomic E-state index is 12.3. The molecule has 0 N–H and O–H groups in total. The molecule has 0 unspecified atom stereocenters. The molecule has 2 aromatic rings. The number of rotatable bonds is 9. The van der Waals surface area contributed by atoms with Gasteiger partial charge in [0.1, 0.15) is 17.2 Å². The van der Waals surface area contributed by atoms with Crippen LogP contribution in [0, 0.1) is 0 Å². The summed E-state index contributed by atoms with van der Waals surface area (Å²) >= 11 is 0. The predicted octanol–water partition coefficient (Wildman–Crippen LogP) is 3.52. The van der Waals surface area contributed by atoms with Crippen LogP contribution in [-0.4, -0.2) is 38.7 Å². The van der Waals surface area contributed by atoms with E-state index in [1.54, 1.807) is 26.2 Å². The van der Waals surface area contributed by atoms with E-state index in [0.717, 1.165) is 22.8 Å². The fraction of sp³-hybridized carbons (Fsp3) is 0.350. The van der Waals surface area contributed by atoms with Crippen LogP contribution in [0.5, 0.6) is 17.2 Å². The van der Waals surface area contributed by atoms with Crippen molar-refractivity contribution in [1.82, 2.24) is 4.90 Å². The zero-order valence-corrected chi connectivity index (χ0v) is 15.0. The molecule has 134 valence electrons. The normalized spacial score (nSPS) is 10.2. The van der Waals surface area contributed by atoms with Crippen LogP contribution in [-0.2, 0) is 11.3 Å². The van der Waals surface area contributed by atoms with Gasteiger partial charge in [0.15, 0.2) is 0 Å². The predicted molar refractivity (Wildman–Crippen MR) is 97.2 cm³/mol. The highest BCUT2D eigenvalue weighted by Crippen LogP contribution is 2.19. The lowest BCUT2D eigenvalue weighted by Crippen LogP contribution is -2.26. The summed E-state index contributed by atoms with van der Waals surface area (Å²) in [5.74, 6) is 2.45. The second-order valence-corrected chi connectivity index (χ2v) is 5.69. The first-order chi connectivity index (χ1) is 12.1. The summed E-state index contributed by atoms with van der Waals surface area (Å²) < 4.78 is 16.1. The highest BCUT2D eigenvalue weighted by Gasteiger charge is 2.11. The Balaban J connectivity index is 1.73. The summed E-state index contributed by atoms with van der Waals surface area (Å²) in [5, 5.41) is 0. The number of nitrogens with zero attached hydrogens (tertiary/aromatic N) is 1. The monoisotopic (exact) mass is 343 g/mol. The number of amides is 1. The summed E-state index contributed by atoms with van der Waals surface area (Å²) in [5.41, 5.74) is 0.996. The van der Waals surface area contributed by atoms with Gasteiger partial charge in [-0.25, -0.2) is 0 Å². The number of methoxy groups -OCH3 is 2. The van der Waals surface area contributed by atoms with Gasteiger partial charge in [-0.1, -0.05) is 18.2 Å². The third-order valence-corrected chi connectivity index (χ3v) is 3.89. The van der Waals surface area contributed by atoms with E-state index in [-0.39, 0.29) is 5.91 Å². The molecule has 1 amide bonds. The standard InChI is InChI=1S/C20H25NO4/c1-21(15-16-7-4-5-8-19(16)24-3)20(22)9-6-14-25-18-12-10-17(23-2)11-13-18/h4-5,7-8,10-13H,6,9,14-15H2,1-3H3. The van der Waals surface area contributed by atoms with Crippen molar-refractivity contribution in [2.24, 2.45) is 0 Å². The van der Waals surface area contributed by atoms with Crippen LogP contribution in [0.3, 0.4) is 0 Å². The molecule has 2 rings (SSSR count). The Morgan fingerprint density at radius 1 is 0.960 bits per heavy atom. The van der Waals surface area contributed by atoms with Crippen LogP contribution < -0.4 is 14.2 Å². The van der Waals surface area contributed by atoms with Crippen LogP contribution in [0.4, 0.5) is 0 Å². The Hall–Kier alpha value is -2.69. The van der Waals surface area contributed by atoms with Crippen molar-refractivity contribution in [2.45, 2.75) is 19.4 Å². The molecular formula is C20H25NO4. The molecule has 0 radical (unpaired) electrons. The minimum Gasteiger partial charge on any atom is -0.497 e. The topological polar surface area (TPSA) is 48.0 Å². The first-order valence-corrected chi connectivity index (χ1v) is 8.26. The zero-order chi connectivity index (χ0) is 18.1. The fourth-order valence-corrected chi connectivity index (χ4v) is 2.45. The molecule has 0 spiro atoms. The van der Waals surface area contributed by atoms with Crippen LogP contribution in [0.15, 0.2) is 48.5 Å². The van der Waals surface area contributed by atoms with Gasteiger partial charge in [0.25, 0.3) is 0 Å². The highest BCUT2D eigenvalue weighted by molar-refractivity contribution is 5.75. The largest absolute Gasteiger partial charge is 0.497 e. The Morgan fingerprint density at radius 3 is 2.32 bits per heavy atom. The summed E-state index contributed by atoms with van der Waals surface area (Å²) in [6.45, 7) is 1.03. The maximum atomic E-state index is 12.3. The highest BCUT2D eigenvalue weighted by atomic mass is 16.5. The van der Waals surface area contributed by atoms with Crippen molar-refractivity contribution >= 4 is 5.91 Å². The van der Waals surface area contributed by atoms with Gasteiger partial charge in [0.2, 0.25) is 5.91 Å². The lowest BCUT2D eigenvalue weighted by atomic mass is 10.2. The molecule has 0 saturated heterocycles. The van der Waals surface area contributed by atoms with Crippen molar-refractivity contribution in [1.29, 1.82) is 0 Å². The molecule has 0 bridgehead atoms. The van der Waals surface area contributed by atoms with Crippen LogP contribution in [0.1, 0.15) is 18.4 Å². The van der Waals surface area contributed by atoms with E-state index in [0.29, 0.717) is 26.0 Å². The number of carbonyl (C=O) groups excluding carboxylic acids is 1. The van der Waals surface area contributed by atoms with Crippen LogP contribution >= 0.6 is 0 Å². The quantitative estimate of drug-likeness (QED) is 0.654. The Bertz CT molecular complexity index is 670. The van der Waals surface area contributed by atoms with Crippen molar-refractivity contribution < 1.29 is 19.0 Å². The molecule has 2 aromatic carbocycles. The van der Waals surface area contributed by atoms with E-state index in [9.17, 15) is 4.79 Å². The molecular weight excluding hydrogens is 318 g/mol. The molecule has 5 heteroatoms. The molecule has 0 fully saturated rings. The molecule has 5 nitrogen and oxygen atoms in total. The molecule has 0 heterocycles. The molecule has 0 aliphatic carbocycles. The first-order valence-electron chi connectivity index (χ1n) is 8.26. The van der Waals surface area contributed by atoms with Gasteiger partial charge in [0, 0.05) is 25.6 Å². The third kappa shape index (κ3) is 5.71. The third-order valence-electron chi connectivity index (χ3n) is 3.89. The van der Waals surface area contributed by atoms with Crippen LogP contribution in [0.2, 0.25) is 0 Å². The van der Waals surface area contributed by atoms with Gasteiger partial charge in [-0.05, 0) is 36.8 Å². The lowest BCUT2D eigenvalue weighted by Gasteiger charge is -2.19. The van der Waals surface area contributed by atoms with E-state index in [1.807, 2.05) is 48.5 Å². The Labute approximate surface area is 149 Å². The lowest BCUT2D eigenvalue weighted by molar-refractivity contribution is -0.130. The summed E-state index contributed by atoms with van der Waals surface area (Å²) in [7, 11) is 5.07. The number of para-hydroxylation sites is 1. The van der Waals surface area contributed by atoms with Gasteiger partial charge in [-0.3, -0.25) is 4.79 Å². The molecule has 0 aromatic heterocycles. The van der Waals surface area contributed by atoms with Gasteiger partial charge in [-0.15, -0.1) is 0 Å². The van der Waals surface area contributed by atoms with Crippen molar-refractivity contribution in [3.8, 4) is 17.2 Å². The molecule has 0 saturated carbocycles. The number of hydrogen-bond donors (Lipinski definition) is 0. The van der Waals surface area contributed by atoms with E-state index in [1.165, 1.54) is 0 Å². The van der Waals surface area contributed by atoms with Gasteiger partial charge in [0.05, 0.1) is 20.8 Å². The zero-order valence-electron chi connectivity index (χ0n) is 15.0. The van der Waals surface area contributed by atoms with Gasteiger partial charge in [-0.2, -0.15) is 0 Å². The van der Waals surface area contributed by atoms with Gasteiger partial charge >= 0.3 is 0 Å².